The first-order chi connectivity index (χ1) is 25.7. The van der Waals surface area contributed by atoms with E-state index in [4.69, 9.17) is 26.7 Å². The number of hydrogen-bond donors (Lipinski definition) is 2. The highest BCUT2D eigenvalue weighted by atomic mass is 35.5. The quantitative estimate of drug-likeness (QED) is 0.212. The third-order valence-corrected chi connectivity index (χ3v) is 10.8. The van der Waals surface area contributed by atoms with E-state index in [0.717, 1.165) is 93.5 Å². The summed E-state index contributed by atoms with van der Waals surface area (Å²) in [6.45, 7) is 4.07. The van der Waals surface area contributed by atoms with E-state index in [9.17, 15) is 14.4 Å². The summed E-state index contributed by atoms with van der Waals surface area (Å²) >= 11 is 6.14. The van der Waals surface area contributed by atoms with E-state index in [-0.39, 0.29) is 36.4 Å². The van der Waals surface area contributed by atoms with Crippen LogP contribution in [0.5, 0.6) is 5.75 Å². The molecule has 276 valence electrons. The molecule has 14 nitrogen and oxygen atoms in total. The van der Waals surface area contributed by atoms with E-state index in [1.807, 2.05) is 37.5 Å². The van der Waals surface area contributed by atoms with Gasteiger partial charge in [-0.1, -0.05) is 17.7 Å². The van der Waals surface area contributed by atoms with Crippen LogP contribution < -0.4 is 25.2 Å². The van der Waals surface area contributed by atoms with Gasteiger partial charge in [-0.15, -0.1) is 10.2 Å². The van der Waals surface area contributed by atoms with E-state index >= 15 is 0 Å². The van der Waals surface area contributed by atoms with Gasteiger partial charge in [-0.05, 0) is 87.9 Å². The van der Waals surface area contributed by atoms with Gasteiger partial charge in [0.15, 0.2) is 11.5 Å². The average Bonchev–Trinajstić information content (AvgIpc) is 3.61. The van der Waals surface area contributed by atoms with Crippen molar-refractivity contribution in [3.05, 3.63) is 71.0 Å². The predicted molar refractivity (Wildman–Crippen MR) is 200 cm³/mol. The van der Waals surface area contributed by atoms with Crippen LogP contribution in [0, 0.1) is 11.3 Å². The second-order valence-electron chi connectivity index (χ2n) is 14.0. The van der Waals surface area contributed by atoms with E-state index in [2.05, 4.69) is 41.4 Å². The monoisotopic (exact) mass is 738 g/mol. The summed E-state index contributed by atoms with van der Waals surface area (Å²) < 4.78 is 8.16. The van der Waals surface area contributed by atoms with Crippen LogP contribution in [-0.4, -0.2) is 94.6 Å². The molecule has 0 atom stereocenters. The molecule has 0 bridgehead atoms. The lowest BCUT2D eigenvalue weighted by Gasteiger charge is -2.33. The first-order valence-corrected chi connectivity index (χ1v) is 18.7. The number of amides is 4. The van der Waals surface area contributed by atoms with E-state index in [1.165, 1.54) is 0 Å². The van der Waals surface area contributed by atoms with Crippen LogP contribution in [0.2, 0.25) is 5.02 Å². The maximum absolute atomic E-state index is 12.9. The minimum atomic E-state index is -0.390. The lowest BCUT2D eigenvalue weighted by atomic mass is 9.93. The molecule has 2 aromatic carbocycles. The van der Waals surface area contributed by atoms with Crippen molar-refractivity contribution in [2.45, 2.75) is 69.6 Å². The number of nitrogens with zero attached hydrogens (tertiary/aromatic N) is 8. The second kappa shape index (κ2) is 16.2. The van der Waals surface area contributed by atoms with E-state index in [0.29, 0.717) is 28.6 Å². The fraction of sp³-hybridized carbons (Fsp3) is 0.447. The number of piperidine rings is 1. The number of likely N-dealkylation sites (tertiary alicyclic amines) is 1. The molecular formula is C38H43ClN10O4. The fourth-order valence-electron chi connectivity index (χ4n) is 7.50. The maximum Gasteiger partial charge on any atom is 0.328 e. The highest BCUT2D eigenvalue weighted by molar-refractivity contribution is 6.31. The summed E-state index contributed by atoms with van der Waals surface area (Å²) in [5.74, 6) is 0.892. The zero-order chi connectivity index (χ0) is 36.9. The van der Waals surface area contributed by atoms with Crippen LogP contribution in [0.25, 0.3) is 10.9 Å². The van der Waals surface area contributed by atoms with Crippen molar-refractivity contribution >= 4 is 51.9 Å². The Kier molecular flexibility index (Phi) is 11.0. The zero-order valence-electron chi connectivity index (χ0n) is 29.7. The lowest BCUT2D eigenvalue weighted by Crippen LogP contribution is -2.49. The zero-order valence-corrected chi connectivity index (χ0v) is 30.5. The molecular weight excluding hydrogens is 696 g/mol. The van der Waals surface area contributed by atoms with Crippen LogP contribution in [-0.2, 0) is 4.79 Å². The van der Waals surface area contributed by atoms with Crippen molar-refractivity contribution in [3.63, 3.8) is 0 Å². The number of aromatic nitrogens is 4. The predicted octanol–water partition coefficient (Wildman–Crippen LogP) is 5.08. The summed E-state index contributed by atoms with van der Waals surface area (Å²) in [4.78, 5) is 43.2. The number of nitrogens with one attached hydrogen (secondary N) is 2. The highest BCUT2D eigenvalue weighted by Gasteiger charge is 2.28. The number of hydrogen-bond acceptors (Lipinski definition) is 10. The summed E-state index contributed by atoms with van der Waals surface area (Å²) in [5.41, 5.74) is 2.49. The molecule has 4 aromatic rings. The summed E-state index contributed by atoms with van der Waals surface area (Å²) in [6, 6.07) is 16.5. The van der Waals surface area contributed by atoms with Crippen molar-refractivity contribution in [1.29, 1.82) is 5.26 Å². The van der Waals surface area contributed by atoms with Gasteiger partial charge >= 0.3 is 6.03 Å². The Morgan fingerprint density at radius 3 is 2.58 bits per heavy atom. The van der Waals surface area contributed by atoms with Gasteiger partial charge in [0.1, 0.15) is 11.8 Å². The molecule has 0 unspecified atom stereocenters. The molecule has 4 heterocycles. The summed E-state index contributed by atoms with van der Waals surface area (Å²) in [6.07, 6.45) is 8.24. The Balaban J connectivity index is 0.823. The first kappa shape index (κ1) is 36.1. The van der Waals surface area contributed by atoms with Gasteiger partial charge in [0.05, 0.1) is 40.1 Å². The lowest BCUT2D eigenvalue weighted by molar-refractivity contribution is -0.120. The topological polar surface area (TPSA) is 162 Å². The molecule has 53 heavy (non-hydrogen) atoms. The van der Waals surface area contributed by atoms with Crippen molar-refractivity contribution < 1.29 is 19.1 Å². The molecule has 1 aliphatic carbocycles. The summed E-state index contributed by atoms with van der Waals surface area (Å²) in [7, 11) is 1.99. The number of nitriles is 1. The molecule has 2 aliphatic heterocycles. The van der Waals surface area contributed by atoms with Crippen molar-refractivity contribution in [3.8, 4) is 11.8 Å². The Labute approximate surface area is 313 Å². The number of carbonyl (C=O) groups is 3. The number of ether oxygens (including phenoxy) is 1. The number of carbonyl (C=O) groups excluding carboxylic acids is 3. The van der Waals surface area contributed by atoms with Crippen LogP contribution in [0.4, 0.5) is 16.3 Å². The Morgan fingerprint density at radius 2 is 1.87 bits per heavy atom. The molecule has 2 N–H and O–H groups in total. The standard InChI is InChI=1S/C38H43ClN10O4/c1-46(35-13-12-32(44-45-35)37(51)42-26-7-10-28(11-8-26)53-29-9-6-25(23-40)31(39)22-29)17-3-18-47-19-14-27(15-20-47)49-34-5-2-4-33(30(34)24-41-49)48-21-16-36(50)43-38(48)52/h2,4-6,9,12-13,22,24,26-28H,3,7-8,10-11,14-21H2,1H3,(H,42,51)(H,43,50,52). The number of urea groups is 1. The maximum atomic E-state index is 12.9. The molecule has 15 heteroatoms. The van der Waals surface area contributed by atoms with Crippen molar-refractivity contribution in [1.82, 2.24) is 35.5 Å². The minimum Gasteiger partial charge on any atom is -0.490 e. The molecule has 3 fully saturated rings. The summed E-state index contributed by atoms with van der Waals surface area (Å²) in [5, 5.41) is 29.2. The van der Waals surface area contributed by atoms with Gasteiger partial charge in [-0.3, -0.25) is 24.5 Å². The number of halogens is 1. The van der Waals surface area contributed by atoms with Gasteiger partial charge in [-0.2, -0.15) is 10.4 Å². The minimum absolute atomic E-state index is 0.0267. The number of fused-ring (bicyclic) bond motifs is 1. The second-order valence-corrected chi connectivity index (χ2v) is 14.4. The molecule has 4 amide bonds. The molecule has 7 rings (SSSR count). The number of benzene rings is 2. The molecule has 2 saturated heterocycles. The third kappa shape index (κ3) is 8.37. The van der Waals surface area contributed by atoms with E-state index < -0.39 is 6.03 Å². The van der Waals surface area contributed by atoms with Crippen molar-refractivity contribution in [2.24, 2.45) is 0 Å². The smallest absolute Gasteiger partial charge is 0.328 e. The van der Waals surface area contributed by atoms with Crippen molar-refractivity contribution in [2.75, 3.05) is 49.6 Å². The van der Waals surface area contributed by atoms with Gasteiger partial charge < -0.3 is 19.9 Å². The average molecular weight is 739 g/mol. The SMILES string of the molecule is CN(CCCN1CCC(n2ncc3c(N4CCC(=O)NC4=O)cccc32)CC1)c1ccc(C(=O)NC2CCC(Oc3ccc(C#N)c(Cl)c3)CC2)nn1. The highest BCUT2D eigenvalue weighted by Crippen LogP contribution is 2.32. The largest absolute Gasteiger partial charge is 0.490 e. The van der Waals surface area contributed by atoms with Crippen LogP contribution in [0.3, 0.4) is 0 Å². The number of anilines is 2. The van der Waals surface area contributed by atoms with Crippen LogP contribution in [0.15, 0.2) is 54.7 Å². The van der Waals surface area contributed by atoms with Crippen LogP contribution >= 0.6 is 11.6 Å². The van der Waals surface area contributed by atoms with Gasteiger partial charge in [0.25, 0.3) is 5.91 Å². The van der Waals surface area contributed by atoms with Gasteiger partial charge in [-0.25, -0.2) is 4.79 Å². The van der Waals surface area contributed by atoms with Crippen LogP contribution in [0.1, 0.15) is 73.5 Å². The van der Waals surface area contributed by atoms with Gasteiger partial charge in [0.2, 0.25) is 5.91 Å². The first-order valence-electron chi connectivity index (χ1n) is 18.3. The Morgan fingerprint density at radius 1 is 1.06 bits per heavy atom. The molecule has 0 radical (unpaired) electrons. The molecule has 2 aromatic heterocycles. The Hall–Kier alpha value is -5.26. The molecule has 3 aliphatic rings. The Bertz CT molecular complexity index is 2000. The van der Waals surface area contributed by atoms with Gasteiger partial charge in [0, 0.05) is 57.1 Å². The third-order valence-electron chi connectivity index (χ3n) is 10.5. The molecule has 0 spiro atoms. The number of imide groups is 1. The number of rotatable bonds is 11. The normalized spacial score (nSPS) is 19.8. The fourth-order valence-corrected chi connectivity index (χ4v) is 7.71. The van der Waals surface area contributed by atoms with E-state index in [1.54, 1.807) is 29.2 Å². The molecule has 1 saturated carbocycles.